The van der Waals surface area contributed by atoms with Gasteiger partial charge in [0.15, 0.2) is 18.9 Å². The summed E-state index contributed by atoms with van der Waals surface area (Å²) < 4.78 is 36.0. The summed E-state index contributed by atoms with van der Waals surface area (Å²) in [5, 5.41) is 59.5. The van der Waals surface area contributed by atoms with Gasteiger partial charge in [-0.15, -0.1) is 0 Å². The van der Waals surface area contributed by atoms with E-state index in [4.69, 9.17) is 57.1 Å². The highest BCUT2D eigenvalue weighted by Crippen LogP contribution is 2.35. The lowest BCUT2D eigenvalue weighted by Gasteiger charge is -2.51. The van der Waals surface area contributed by atoms with Crippen molar-refractivity contribution in [2.75, 3.05) is 39.9 Å². The number of likely N-dealkylation sites (N-methyl/N-ethyl adjacent to an activating group) is 1. The molecule has 43 heavy (non-hydrogen) atoms. The van der Waals surface area contributed by atoms with Gasteiger partial charge in [-0.05, 0) is 19.9 Å². The van der Waals surface area contributed by atoms with Crippen LogP contribution in [0.2, 0.25) is 0 Å². The predicted molar refractivity (Wildman–Crippen MR) is 149 cm³/mol. The maximum absolute atomic E-state index is 11.3. The van der Waals surface area contributed by atoms with Crippen molar-refractivity contribution in [1.82, 2.24) is 10.6 Å². The Morgan fingerprint density at radius 3 is 2.14 bits per heavy atom. The maximum Gasteiger partial charge on any atom is 0.189 e. The first-order valence-corrected chi connectivity index (χ1v) is 14.9. The summed E-state index contributed by atoms with van der Waals surface area (Å²) in [7, 11) is 1.59. The van der Waals surface area contributed by atoms with Gasteiger partial charge < -0.3 is 93.3 Å². The Hall–Kier alpha value is -0.720. The van der Waals surface area contributed by atoms with Crippen molar-refractivity contribution in [3.8, 4) is 0 Å². The fourth-order valence-corrected chi connectivity index (χ4v) is 6.32. The molecular weight excluding hydrogens is 574 g/mol. The van der Waals surface area contributed by atoms with Gasteiger partial charge in [-0.25, -0.2) is 0 Å². The molecule has 15 unspecified atom stereocenters. The molecule has 18 nitrogen and oxygen atoms in total. The smallest absolute Gasteiger partial charge is 0.189 e. The molecule has 17 atom stereocenters. The topological polar surface area (TPSA) is 311 Å². The first-order valence-electron chi connectivity index (χ1n) is 14.9. The molecule has 3 saturated heterocycles. The Kier molecular flexibility index (Phi) is 12.8. The molecule has 4 rings (SSSR count). The summed E-state index contributed by atoms with van der Waals surface area (Å²) in [4.78, 5) is 0. The molecule has 0 aromatic rings. The van der Waals surface area contributed by atoms with Crippen molar-refractivity contribution < 1.29 is 54.0 Å². The first-order chi connectivity index (χ1) is 20.6. The molecule has 18 heteroatoms. The maximum atomic E-state index is 11.3. The number of nitrogens with one attached hydrogen (secondary N) is 2. The molecule has 3 heterocycles. The summed E-state index contributed by atoms with van der Waals surface area (Å²) in [6.45, 7) is 0.643. The van der Waals surface area contributed by atoms with Crippen LogP contribution in [0.1, 0.15) is 12.8 Å². The lowest BCUT2D eigenvalue weighted by molar-refractivity contribution is -0.375. The van der Waals surface area contributed by atoms with Gasteiger partial charge in [0.1, 0.15) is 42.7 Å². The lowest BCUT2D eigenvalue weighted by Crippen LogP contribution is -2.70. The van der Waals surface area contributed by atoms with E-state index in [2.05, 4.69) is 10.6 Å². The van der Waals surface area contributed by atoms with Crippen molar-refractivity contribution in [3.05, 3.63) is 0 Å². The summed E-state index contributed by atoms with van der Waals surface area (Å²) in [6.07, 6.45) is -12.6. The zero-order valence-corrected chi connectivity index (χ0v) is 24.3. The van der Waals surface area contributed by atoms with Crippen LogP contribution < -0.4 is 39.3 Å². The van der Waals surface area contributed by atoms with Crippen molar-refractivity contribution in [2.45, 2.75) is 117 Å². The predicted octanol–water partition coefficient (Wildman–Crippen LogP) is -7.38. The SMILES string of the molecule is CNC1C(OC2OC(CO)C(NCCN)C(OCCN)C2O)O[C@H]2C[C@H](N)C(OC3C(N)CC(N)C(O)C3O)OC2C1O. The van der Waals surface area contributed by atoms with Crippen molar-refractivity contribution in [3.63, 3.8) is 0 Å². The minimum absolute atomic E-state index is 0.141. The van der Waals surface area contributed by atoms with E-state index in [0.29, 0.717) is 13.1 Å². The highest BCUT2D eigenvalue weighted by molar-refractivity contribution is 5.02. The van der Waals surface area contributed by atoms with Crippen LogP contribution in [0.25, 0.3) is 0 Å². The monoisotopic (exact) mass is 625 g/mol. The van der Waals surface area contributed by atoms with E-state index in [0.717, 1.165) is 0 Å². The fraction of sp³-hybridized carbons (Fsp3) is 1.00. The van der Waals surface area contributed by atoms with Gasteiger partial charge >= 0.3 is 0 Å². The number of hydrogen-bond donors (Lipinski definition) is 12. The van der Waals surface area contributed by atoms with E-state index < -0.39 is 111 Å². The van der Waals surface area contributed by atoms with E-state index in [1.54, 1.807) is 7.05 Å². The summed E-state index contributed by atoms with van der Waals surface area (Å²) in [6, 6.07) is -3.60. The Morgan fingerprint density at radius 2 is 1.49 bits per heavy atom. The molecule has 1 aliphatic carbocycles. The molecule has 0 bridgehead atoms. The van der Waals surface area contributed by atoms with Crippen LogP contribution in [-0.2, 0) is 28.4 Å². The molecule has 1 saturated carbocycles. The van der Waals surface area contributed by atoms with Gasteiger partial charge in [-0.2, -0.15) is 0 Å². The van der Waals surface area contributed by atoms with Crippen LogP contribution in [0.5, 0.6) is 0 Å². The zero-order valence-electron chi connectivity index (χ0n) is 24.3. The van der Waals surface area contributed by atoms with Crippen LogP contribution in [0, 0.1) is 0 Å². The van der Waals surface area contributed by atoms with E-state index in [9.17, 15) is 25.5 Å². The minimum atomic E-state index is -1.35. The number of nitrogens with two attached hydrogens (primary N) is 5. The van der Waals surface area contributed by atoms with E-state index in [-0.39, 0.29) is 26.0 Å². The van der Waals surface area contributed by atoms with E-state index in [1.165, 1.54) is 0 Å². The fourth-order valence-electron chi connectivity index (χ4n) is 6.32. The molecular formula is C25H51N7O11. The lowest BCUT2D eigenvalue weighted by atomic mass is 9.84. The van der Waals surface area contributed by atoms with E-state index in [1.807, 2.05) is 0 Å². The number of hydrogen-bond acceptors (Lipinski definition) is 18. The Bertz CT molecular complexity index is 855. The average molecular weight is 626 g/mol. The Balaban J connectivity index is 1.45. The molecule has 0 aromatic heterocycles. The molecule has 17 N–H and O–H groups in total. The number of rotatable bonds is 12. The van der Waals surface area contributed by atoms with Gasteiger partial charge in [0.2, 0.25) is 0 Å². The molecule has 0 radical (unpaired) electrons. The van der Waals surface area contributed by atoms with Gasteiger partial charge in [-0.3, -0.25) is 0 Å². The van der Waals surface area contributed by atoms with Gasteiger partial charge in [0, 0.05) is 31.7 Å². The normalized spacial score (nSPS) is 49.0. The molecule has 252 valence electrons. The summed E-state index contributed by atoms with van der Waals surface area (Å²) in [5.74, 6) is 0. The second-order valence-corrected chi connectivity index (χ2v) is 11.6. The Morgan fingerprint density at radius 1 is 0.744 bits per heavy atom. The molecule has 4 aliphatic rings. The van der Waals surface area contributed by atoms with Crippen LogP contribution in [-0.4, -0.2) is 169 Å². The molecule has 0 spiro atoms. The third kappa shape index (κ3) is 7.64. The number of aliphatic hydroxyl groups is 5. The van der Waals surface area contributed by atoms with Crippen molar-refractivity contribution >= 4 is 0 Å². The highest BCUT2D eigenvalue weighted by atomic mass is 16.8. The van der Waals surface area contributed by atoms with Crippen LogP contribution in [0.3, 0.4) is 0 Å². The third-order valence-corrected chi connectivity index (χ3v) is 8.61. The molecule has 3 aliphatic heterocycles. The van der Waals surface area contributed by atoms with Crippen LogP contribution in [0.4, 0.5) is 0 Å². The average Bonchev–Trinajstić information content (AvgIpc) is 2.98. The van der Waals surface area contributed by atoms with Crippen molar-refractivity contribution in [1.29, 1.82) is 0 Å². The van der Waals surface area contributed by atoms with Crippen LogP contribution >= 0.6 is 0 Å². The number of fused-ring (bicyclic) bond motifs is 1. The molecule has 0 aromatic carbocycles. The quantitative estimate of drug-likeness (QED) is 0.0958. The zero-order chi connectivity index (χ0) is 31.4. The third-order valence-electron chi connectivity index (χ3n) is 8.61. The van der Waals surface area contributed by atoms with Crippen LogP contribution in [0.15, 0.2) is 0 Å². The van der Waals surface area contributed by atoms with Gasteiger partial charge in [-0.1, -0.05) is 0 Å². The summed E-state index contributed by atoms with van der Waals surface area (Å²) in [5.41, 5.74) is 29.6. The van der Waals surface area contributed by atoms with Gasteiger partial charge in [0.05, 0.1) is 43.5 Å². The number of aliphatic hydroxyl groups excluding tert-OH is 5. The second kappa shape index (κ2) is 15.7. The number of ether oxygens (including phenoxy) is 6. The first kappa shape index (κ1) is 35.1. The highest BCUT2D eigenvalue weighted by Gasteiger charge is 2.54. The largest absolute Gasteiger partial charge is 0.394 e. The van der Waals surface area contributed by atoms with E-state index >= 15 is 0 Å². The second-order valence-electron chi connectivity index (χ2n) is 11.6. The summed E-state index contributed by atoms with van der Waals surface area (Å²) >= 11 is 0. The Labute approximate surface area is 250 Å². The minimum Gasteiger partial charge on any atom is -0.394 e. The molecule has 0 amide bonds. The van der Waals surface area contributed by atoms with Gasteiger partial charge in [0.25, 0.3) is 0 Å². The molecule has 4 fully saturated rings. The van der Waals surface area contributed by atoms with Crippen molar-refractivity contribution in [2.24, 2.45) is 28.7 Å². The standard InChI is InChI=1S/C25H51N7O11/c1-31-15-17(35)21-12(7-11(30)23(42-21)41-20-10(29)6-9(28)16(34)18(20)36)39-24(15)43-25-19(37)22(38-5-3-27)14(32-4-2-26)13(8-33)40-25/h9-25,31-37H,2-8,26-30H2,1H3/t9?,10?,11-,12-,13?,14?,15?,16?,17?,18?,19?,20?,21?,22?,23?,24?,25?/m0/s1.